The number of rotatable bonds is 2. The van der Waals surface area contributed by atoms with Crippen LogP contribution < -0.4 is 4.48 Å². The van der Waals surface area contributed by atoms with Gasteiger partial charge in [0.25, 0.3) is 0 Å². The molecule has 0 aliphatic carbocycles. The predicted molar refractivity (Wildman–Crippen MR) is 79.3 cm³/mol. The highest BCUT2D eigenvalue weighted by Crippen LogP contribution is 2.23. The van der Waals surface area contributed by atoms with Crippen molar-refractivity contribution in [2.24, 2.45) is 4.99 Å². The lowest BCUT2D eigenvalue weighted by Crippen LogP contribution is -2.54. The van der Waals surface area contributed by atoms with E-state index in [-0.39, 0.29) is 10.4 Å². The Labute approximate surface area is 117 Å². The van der Waals surface area contributed by atoms with Gasteiger partial charge in [-0.1, -0.05) is 24.3 Å². The standard InChI is InChI=1S/C16H14N3O/c20-16(14-7-2-1-3-8-14)19(12-6-10-17-13-19)15-9-4-5-11-18-15/h1-11,13H,12H2/q+1. The Bertz CT molecular complexity index is 665. The van der Waals surface area contributed by atoms with E-state index in [0.717, 1.165) is 0 Å². The summed E-state index contributed by atoms with van der Waals surface area (Å²) in [6.45, 7) is 0.522. The van der Waals surface area contributed by atoms with Gasteiger partial charge in [-0.25, -0.2) is 14.8 Å². The normalized spacial score (nSPS) is 20.8. The van der Waals surface area contributed by atoms with E-state index in [1.54, 1.807) is 18.7 Å². The fourth-order valence-corrected chi connectivity index (χ4v) is 2.27. The first kappa shape index (κ1) is 12.4. The zero-order valence-corrected chi connectivity index (χ0v) is 10.9. The maximum atomic E-state index is 12.9. The number of pyridine rings is 1. The first-order valence-electron chi connectivity index (χ1n) is 6.41. The Morgan fingerprint density at radius 2 is 1.85 bits per heavy atom. The highest BCUT2D eigenvalue weighted by Gasteiger charge is 2.40. The van der Waals surface area contributed by atoms with Gasteiger partial charge in [0.1, 0.15) is 6.54 Å². The zero-order chi connectivity index (χ0) is 13.8. The smallest absolute Gasteiger partial charge is 0.225 e. The molecule has 1 amide bonds. The van der Waals surface area contributed by atoms with Gasteiger partial charge in [-0.05, 0) is 24.3 Å². The molecule has 4 heteroatoms. The van der Waals surface area contributed by atoms with Crippen molar-refractivity contribution in [3.63, 3.8) is 0 Å². The van der Waals surface area contributed by atoms with Crippen molar-refractivity contribution in [2.75, 3.05) is 6.54 Å². The van der Waals surface area contributed by atoms with Crippen LogP contribution in [-0.2, 0) is 0 Å². The molecule has 2 aromatic rings. The van der Waals surface area contributed by atoms with Crippen LogP contribution in [0.25, 0.3) is 0 Å². The van der Waals surface area contributed by atoms with Crippen LogP contribution in [0.4, 0.5) is 5.82 Å². The van der Waals surface area contributed by atoms with Gasteiger partial charge in [0.05, 0.1) is 5.56 Å². The van der Waals surface area contributed by atoms with E-state index in [9.17, 15) is 4.79 Å². The van der Waals surface area contributed by atoms with Crippen LogP contribution in [0.3, 0.4) is 0 Å². The highest BCUT2D eigenvalue weighted by molar-refractivity contribution is 6.11. The van der Waals surface area contributed by atoms with E-state index in [1.165, 1.54) is 0 Å². The van der Waals surface area contributed by atoms with Crippen molar-refractivity contribution in [1.82, 2.24) is 9.47 Å². The molecule has 0 bridgehead atoms. The van der Waals surface area contributed by atoms with Gasteiger partial charge in [0.15, 0.2) is 0 Å². The van der Waals surface area contributed by atoms with Crippen LogP contribution >= 0.6 is 0 Å². The lowest BCUT2D eigenvalue weighted by molar-refractivity contribution is 0.0862. The molecule has 0 spiro atoms. The first-order chi connectivity index (χ1) is 9.83. The minimum absolute atomic E-state index is 0.0125. The molecule has 1 aliphatic heterocycles. The van der Waals surface area contributed by atoms with Crippen LogP contribution in [-0.4, -0.2) is 23.8 Å². The number of hydrogen-bond acceptors (Lipinski definition) is 3. The molecule has 20 heavy (non-hydrogen) atoms. The molecule has 4 nitrogen and oxygen atoms in total. The largest absolute Gasteiger partial charge is 0.358 e. The van der Waals surface area contributed by atoms with Gasteiger partial charge in [0, 0.05) is 18.5 Å². The van der Waals surface area contributed by atoms with Crippen LogP contribution in [0.2, 0.25) is 0 Å². The minimum Gasteiger partial charge on any atom is -0.225 e. The Kier molecular flexibility index (Phi) is 3.23. The molecular weight excluding hydrogens is 250 g/mol. The Morgan fingerprint density at radius 3 is 2.50 bits per heavy atom. The fourth-order valence-electron chi connectivity index (χ4n) is 2.27. The molecule has 0 saturated carbocycles. The molecule has 0 radical (unpaired) electrons. The summed E-state index contributed by atoms with van der Waals surface area (Å²) in [5, 5.41) is 0. The van der Waals surface area contributed by atoms with E-state index in [4.69, 9.17) is 0 Å². The number of carbonyl (C=O) groups excluding carboxylic acids is 1. The molecule has 1 aromatic heterocycles. The van der Waals surface area contributed by atoms with Gasteiger partial charge < -0.3 is 0 Å². The minimum atomic E-state index is -0.0302. The van der Waals surface area contributed by atoms with Crippen molar-refractivity contribution in [2.45, 2.75) is 0 Å². The van der Waals surface area contributed by atoms with E-state index in [2.05, 4.69) is 9.98 Å². The number of amides is 1. The summed E-state index contributed by atoms with van der Waals surface area (Å²) in [6.07, 6.45) is 6.94. The molecule has 3 rings (SSSR count). The lowest BCUT2D eigenvalue weighted by Gasteiger charge is -2.29. The summed E-state index contributed by atoms with van der Waals surface area (Å²) in [5.74, 6) is 0.645. The van der Waals surface area contributed by atoms with Crippen molar-refractivity contribution < 1.29 is 4.79 Å². The summed E-state index contributed by atoms with van der Waals surface area (Å²) < 4.78 is -0.0125. The lowest BCUT2D eigenvalue weighted by atomic mass is 10.1. The summed E-state index contributed by atoms with van der Waals surface area (Å²) in [6, 6.07) is 14.8. The molecule has 1 unspecified atom stereocenters. The quantitative estimate of drug-likeness (QED) is 0.783. The van der Waals surface area contributed by atoms with Gasteiger partial charge in [-0.2, -0.15) is 4.48 Å². The second-order valence-corrected chi connectivity index (χ2v) is 4.56. The van der Waals surface area contributed by atoms with Crippen molar-refractivity contribution in [3.8, 4) is 0 Å². The topological polar surface area (TPSA) is 42.3 Å². The van der Waals surface area contributed by atoms with E-state index < -0.39 is 0 Å². The first-order valence-corrected chi connectivity index (χ1v) is 6.41. The maximum absolute atomic E-state index is 12.9. The molecular formula is C16H14N3O+. The molecule has 0 fully saturated rings. The van der Waals surface area contributed by atoms with Crippen LogP contribution in [0, 0.1) is 0 Å². The van der Waals surface area contributed by atoms with Gasteiger partial charge >= 0.3 is 5.91 Å². The molecule has 0 saturated heterocycles. The van der Waals surface area contributed by atoms with Gasteiger partial charge in [-0.3, -0.25) is 0 Å². The summed E-state index contributed by atoms with van der Waals surface area (Å²) in [4.78, 5) is 21.4. The molecule has 1 aliphatic rings. The number of aromatic nitrogens is 1. The number of quaternary nitrogens is 1. The Morgan fingerprint density at radius 1 is 1.05 bits per heavy atom. The fraction of sp³-hybridized carbons (Fsp3) is 0.0625. The highest BCUT2D eigenvalue weighted by atomic mass is 16.2. The van der Waals surface area contributed by atoms with Gasteiger partial charge in [0.2, 0.25) is 12.2 Å². The number of carbonyl (C=O) groups is 1. The van der Waals surface area contributed by atoms with E-state index in [1.807, 2.05) is 54.6 Å². The third kappa shape index (κ3) is 2.06. The molecule has 0 N–H and O–H groups in total. The zero-order valence-electron chi connectivity index (χ0n) is 10.9. The van der Waals surface area contributed by atoms with Crippen LogP contribution in [0.5, 0.6) is 0 Å². The van der Waals surface area contributed by atoms with Gasteiger partial charge in [-0.15, -0.1) is 0 Å². The average Bonchev–Trinajstić information content (AvgIpc) is 2.56. The van der Waals surface area contributed by atoms with E-state index >= 15 is 0 Å². The number of benzene rings is 1. The Balaban J connectivity index is 2.10. The Hall–Kier alpha value is -2.59. The van der Waals surface area contributed by atoms with Crippen LogP contribution in [0.1, 0.15) is 10.4 Å². The van der Waals surface area contributed by atoms with Crippen molar-refractivity contribution in [1.29, 1.82) is 0 Å². The number of nitrogens with zero attached hydrogens (tertiary/aromatic N) is 3. The second-order valence-electron chi connectivity index (χ2n) is 4.56. The van der Waals surface area contributed by atoms with Crippen molar-refractivity contribution >= 4 is 18.1 Å². The maximum Gasteiger partial charge on any atom is 0.358 e. The van der Waals surface area contributed by atoms with Crippen molar-refractivity contribution in [3.05, 3.63) is 72.6 Å². The molecule has 2 heterocycles. The molecule has 1 atom stereocenters. The molecule has 98 valence electrons. The number of aliphatic imine (C=N–C) groups is 1. The van der Waals surface area contributed by atoms with E-state index in [0.29, 0.717) is 17.9 Å². The SMILES string of the molecule is O=C(c1ccccc1)[N+]1(c2ccccn2)C=NC=CC1. The summed E-state index contributed by atoms with van der Waals surface area (Å²) in [7, 11) is 0. The second kappa shape index (κ2) is 5.19. The van der Waals surface area contributed by atoms with Crippen LogP contribution in [0.15, 0.2) is 72.0 Å². The summed E-state index contributed by atoms with van der Waals surface area (Å²) in [5.41, 5.74) is 0.653. The summed E-state index contributed by atoms with van der Waals surface area (Å²) >= 11 is 0. The number of hydrogen-bond donors (Lipinski definition) is 0. The predicted octanol–water partition coefficient (Wildman–Crippen LogP) is 2.78. The molecule has 1 aromatic carbocycles. The third-order valence-electron chi connectivity index (χ3n) is 3.29. The third-order valence-corrected chi connectivity index (χ3v) is 3.29. The monoisotopic (exact) mass is 264 g/mol. The average molecular weight is 264 g/mol.